The first-order valence-corrected chi connectivity index (χ1v) is 11.8. The molecule has 0 saturated heterocycles. The Bertz CT molecular complexity index is 1220. The third-order valence-corrected chi connectivity index (χ3v) is 5.52. The summed E-state index contributed by atoms with van der Waals surface area (Å²) in [6.45, 7) is 7.11. The van der Waals surface area contributed by atoms with Crippen LogP contribution in [0.5, 0.6) is 0 Å². The zero-order chi connectivity index (χ0) is 26.1. The molecule has 0 aliphatic carbocycles. The minimum absolute atomic E-state index is 0.0162. The molecule has 0 bridgehead atoms. The zero-order valence-corrected chi connectivity index (χ0v) is 20.4. The average Bonchev–Trinajstić information content (AvgIpc) is 3.29. The summed E-state index contributed by atoms with van der Waals surface area (Å²) in [4.78, 5) is 41.6. The Kier molecular flexibility index (Phi) is 9.34. The third kappa shape index (κ3) is 6.79. The Morgan fingerprint density at radius 1 is 1.14 bits per heavy atom. The van der Waals surface area contributed by atoms with Crippen molar-refractivity contribution >= 4 is 17.8 Å². The van der Waals surface area contributed by atoms with Gasteiger partial charge >= 0.3 is 17.6 Å². The number of fused-ring (bicyclic) bond motifs is 3. The van der Waals surface area contributed by atoms with Gasteiger partial charge in [-0.15, -0.1) is 0 Å². The molecule has 0 aromatic heterocycles. The average molecular weight is 498 g/mol. The number of nitrogens with one attached hydrogen (secondary N) is 1. The van der Waals surface area contributed by atoms with Crippen molar-refractivity contribution in [3.8, 4) is 11.5 Å². The molecule has 1 atom stereocenters. The van der Waals surface area contributed by atoms with Gasteiger partial charge in [0.25, 0.3) is 0 Å². The van der Waals surface area contributed by atoms with Crippen molar-refractivity contribution in [3.63, 3.8) is 0 Å². The molecule has 0 fully saturated rings. The van der Waals surface area contributed by atoms with Gasteiger partial charge in [-0.25, -0.2) is 24.4 Å². The number of carboxylic acids is 2. The van der Waals surface area contributed by atoms with Crippen molar-refractivity contribution in [2.24, 2.45) is 5.92 Å². The fourth-order valence-corrected chi connectivity index (χ4v) is 4.01. The van der Waals surface area contributed by atoms with Gasteiger partial charge in [0.2, 0.25) is 0 Å². The third-order valence-electron chi connectivity index (χ3n) is 5.52. The summed E-state index contributed by atoms with van der Waals surface area (Å²) in [5, 5.41) is 19.1. The van der Waals surface area contributed by atoms with E-state index in [9.17, 15) is 14.4 Å². The largest absolute Gasteiger partial charge is 0.478 e. The van der Waals surface area contributed by atoms with Crippen LogP contribution in [0.25, 0.3) is 11.5 Å². The molecule has 3 N–H and O–H groups in total. The molecule has 0 amide bonds. The van der Waals surface area contributed by atoms with Crippen molar-refractivity contribution in [3.05, 3.63) is 64.4 Å². The first-order valence-electron chi connectivity index (χ1n) is 11.8. The van der Waals surface area contributed by atoms with Crippen LogP contribution in [0, 0.1) is 5.92 Å². The van der Waals surface area contributed by atoms with Crippen LogP contribution in [0.1, 0.15) is 31.7 Å². The van der Waals surface area contributed by atoms with Gasteiger partial charge < -0.3 is 20.3 Å². The molecule has 36 heavy (non-hydrogen) atoms. The van der Waals surface area contributed by atoms with Gasteiger partial charge in [0, 0.05) is 38.4 Å². The summed E-state index contributed by atoms with van der Waals surface area (Å²) in [6, 6.07) is 10.4. The van der Waals surface area contributed by atoms with Gasteiger partial charge in [-0.1, -0.05) is 37.3 Å². The van der Waals surface area contributed by atoms with Crippen LogP contribution in [0.2, 0.25) is 0 Å². The van der Waals surface area contributed by atoms with Crippen LogP contribution in [0.4, 0.5) is 5.82 Å². The van der Waals surface area contributed by atoms with Gasteiger partial charge in [-0.3, -0.25) is 9.13 Å². The number of hydrogen-bond acceptors (Lipinski definition) is 7. The number of hydrogen-bond donors (Lipinski definition) is 3. The van der Waals surface area contributed by atoms with E-state index >= 15 is 0 Å². The van der Waals surface area contributed by atoms with E-state index in [0.717, 1.165) is 30.9 Å². The van der Waals surface area contributed by atoms with E-state index in [-0.39, 0.29) is 5.69 Å². The Morgan fingerprint density at radius 3 is 2.44 bits per heavy atom. The molecule has 192 valence electrons. The number of aromatic nitrogens is 4. The summed E-state index contributed by atoms with van der Waals surface area (Å²) in [5.74, 6) is -0.0946. The van der Waals surface area contributed by atoms with E-state index in [1.807, 2.05) is 17.6 Å². The molecule has 3 aliphatic rings. The highest BCUT2D eigenvalue weighted by molar-refractivity contribution is 5.89. The van der Waals surface area contributed by atoms with Crippen LogP contribution in [0.3, 0.4) is 0 Å². The van der Waals surface area contributed by atoms with Crippen LogP contribution in [0.15, 0.2) is 47.3 Å². The topological polar surface area (TPSA) is 149 Å². The number of carbonyl (C=O) groups is 2. The Hall–Kier alpha value is -3.99. The number of carboxylic acid groups (broad SMARTS) is 2. The SMILES string of the molecule is CCCn1c2nc(COCC)nc-2c2n(c1=O)CC(Cc1ccccc1)CN2.O=C(O)/C=C/C(=O)O. The van der Waals surface area contributed by atoms with E-state index < -0.39 is 11.9 Å². The molecule has 3 heterocycles. The normalized spacial score (nSPS) is 14.7. The lowest BCUT2D eigenvalue weighted by Gasteiger charge is -2.29. The van der Waals surface area contributed by atoms with E-state index in [1.165, 1.54) is 5.56 Å². The lowest BCUT2D eigenvalue weighted by molar-refractivity contribution is -0.134. The number of nitrogens with zero attached hydrogens (tertiary/aromatic N) is 4. The van der Waals surface area contributed by atoms with Crippen molar-refractivity contribution in [1.82, 2.24) is 19.1 Å². The highest BCUT2D eigenvalue weighted by atomic mass is 16.5. The second kappa shape index (κ2) is 12.6. The predicted octanol–water partition coefficient (Wildman–Crippen LogP) is 2.49. The number of rotatable bonds is 9. The van der Waals surface area contributed by atoms with Gasteiger partial charge in [0.05, 0.1) is 0 Å². The molecule has 11 nitrogen and oxygen atoms in total. The van der Waals surface area contributed by atoms with Gasteiger partial charge in [0.15, 0.2) is 11.6 Å². The molecule has 1 aromatic rings. The van der Waals surface area contributed by atoms with E-state index in [2.05, 4.69) is 46.5 Å². The van der Waals surface area contributed by atoms with Crippen LogP contribution >= 0.6 is 0 Å². The zero-order valence-electron chi connectivity index (χ0n) is 20.4. The van der Waals surface area contributed by atoms with Crippen molar-refractivity contribution in [2.45, 2.75) is 46.4 Å². The van der Waals surface area contributed by atoms with Gasteiger partial charge in [0.1, 0.15) is 18.1 Å². The molecule has 11 heteroatoms. The molecule has 0 radical (unpaired) electrons. The van der Waals surface area contributed by atoms with Gasteiger partial charge in [-0.2, -0.15) is 0 Å². The maximum absolute atomic E-state index is 13.2. The summed E-state index contributed by atoms with van der Waals surface area (Å²) < 4.78 is 9.07. The number of benzene rings is 1. The minimum atomic E-state index is -1.26. The van der Waals surface area contributed by atoms with Crippen LogP contribution in [-0.4, -0.2) is 54.4 Å². The number of anilines is 1. The first kappa shape index (κ1) is 26.6. The highest BCUT2D eigenvalue weighted by Crippen LogP contribution is 2.30. The predicted molar refractivity (Wildman–Crippen MR) is 133 cm³/mol. The number of imidazole rings is 1. The molecule has 0 saturated carbocycles. The maximum atomic E-state index is 13.2. The van der Waals surface area contributed by atoms with Crippen molar-refractivity contribution in [1.29, 1.82) is 0 Å². The summed E-state index contributed by atoms with van der Waals surface area (Å²) >= 11 is 0. The summed E-state index contributed by atoms with van der Waals surface area (Å²) in [7, 11) is 0. The number of aliphatic carboxylic acids is 2. The standard InChI is InChI=1S/C21H27N5O2.C4H4O4/c1-3-10-25-20-18(23-17(24-20)14-28-4-2)19-22-12-16(13-26(19)21(25)27)11-15-8-6-5-7-9-15;5-3(6)1-2-4(7)8/h5-9,16,22H,3-4,10-14H2,1-2H3;1-2H,(H,5,6)(H,7,8)/b;2-1+. The lowest BCUT2D eigenvalue weighted by Crippen LogP contribution is -2.41. The highest BCUT2D eigenvalue weighted by Gasteiger charge is 2.29. The quantitative estimate of drug-likeness (QED) is 0.379. The second-order valence-corrected chi connectivity index (χ2v) is 8.29. The molecule has 4 rings (SSSR count). The Labute approximate surface area is 208 Å². The van der Waals surface area contributed by atoms with Crippen molar-refractivity contribution < 1.29 is 24.5 Å². The Morgan fingerprint density at radius 2 is 1.83 bits per heavy atom. The molecule has 0 spiro atoms. The molecule has 1 unspecified atom stereocenters. The smallest absolute Gasteiger partial charge is 0.331 e. The van der Waals surface area contributed by atoms with Crippen molar-refractivity contribution in [2.75, 3.05) is 18.5 Å². The molecular formula is C25H31N5O6. The first-order chi connectivity index (χ1) is 17.3. The van der Waals surface area contributed by atoms with Crippen LogP contribution < -0.4 is 11.0 Å². The van der Waals surface area contributed by atoms with E-state index in [0.29, 0.717) is 56.0 Å². The molecule has 1 aromatic carbocycles. The van der Waals surface area contributed by atoms with Gasteiger partial charge in [-0.05, 0) is 31.2 Å². The monoisotopic (exact) mass is 497 g/mol. The molecule has 3 aliphatic heterocycles. The summed E-state index contributed by atoms with van der Waals surface area (Å²) in [5.41, 5.74) is 2.04. The fourth-order valence-electron chi connectivity index (χ4n) is 4.01. The maximum Gasteiger partial charge on any atom is 0.331 e. The minimum Gasteiger partial charge on any atom is -0.478 e. The van der Waals surface area contributed by atoms with E-state index in [1.54, 1.807) is 4.57 Å². The number of ether oxygens (including phenoxy) is 1. The summed E-state index contributed by atoms with van der Waals surface area (Å²) in [6.07, 6.45) is 2.92. The Balaban J connectivity index is 0.000000392. The van der Waals surface area contributed by atoms with E-state index in [4.69, 9.17) is 14.9 Å². The fraction of sp³-hybridized carbons (Fsp3) is 0.400. The second-order valence-electron chi connectivity index (χ2n) is 8.29. The molecular weight excluding hydrogens is 466 g/mol. The van der Waals surface area contributed by atoms with Crippen LogP contribution in [-0.2, 0) is 40.4 Å². The lowest BCUT2D eigenvalue weighted by atomic mass is 9.97.